The fraction of sp³-hybridized carbons (Fsp3) is 0.333. The zero-order chi connectivity index (χ0) is 14.3. The molecule has 104 valence electrons. The van der Waals surface area contributed by atoms with Gasteiger partial charge in [0, 0.05) is 5.39 Å². The molecule has 0 fully saturated rings. The van der Waals surface area contributed by atoms with Crippen LogP contribution < -0.4 is 11.6 Å². The average molecular weight is 269 g/mol. The number of nitrogen functional groups attached to an aromatic ring is 2. The molecular formula is C15H19N5. The van der Waals surface area contributed by atoms with Gasteiger partial charge >= 0.3 is 0 Å². The van der Waals surface area contributed by atoms with E-state index in [0.717, 1.165) is 29.3 Å². The lowest BCUT2D eigenvalue weighted by Crippen LogP contribution is -2.07. The van der Waals surface area contributed by atoms with Crippen LogP contribution in [0, 0.1) is 5.92 Å². The minimum atomic E-state index is 0.428. The molecule has 2 heterocycles. The van der Waals surface area contributed by atoms with Gasteiger partial charge in [0.25, 0.3) is 0 Å². The van der Waals surface area contributed by atoms with Crippen LogP contribution in [0.1, 0.15) is 25.8 Å². The van der Waals surface area contributed by atoms with Crippen LogP contribution in [0.4, 0.5) is 5.82 Å². The van der Waals surface area contributed by atoms with E-state index in [2.05, 4.69) is 29.9 Å². The summed E-state index contributed by atoms with van der Waals surface area (Å²) in [5.74, 6) is 7.09. The van der Waals surface area contributed by atoms with E-state index in [9.17, 15) is 0 Å². The van der Waals surface area contributed by atoms with Gasteiger partial charge in [0.15, 0.2) is 5.82 Å². The molecule has 0 bridgehead atoms. The van der Waals surface area contributed by atoms with Crippen molar-refractivity contribution < 1.29 is 0 Å². The topological polar surface area (TPSA) is 82.8 Å². The second-order valence-electron chi connectivity index (χ2n) is 5.59. The quantitative estimate of drug-likeness (QED) is 0.715. The highest BCUT2D eigenvalue weighted by atomic mass is 15.3. The average Bonchev–Trinajstić information content (AvgIpc) is 2.79. The monoisotopic (exact) mass is 269 g/mol. The summed E-state index contributed by atoms with van der Waals surface area (Å²) in [5, 5.41) is 1.07. The molecule has 5 nitrogen and oxygen atoms in total. The van der Waals surface area contributed by atoms with E-state index < -0.39 is 0 Å². The summed E-state index contributed by atoms with van der Waals surface area (Å²) in [6.07, 6.45) is 3.71. The fourth-order valence-corrected chi connectivity index (χ4v) is 2.58. The molecule has 20 heavy (non-hydrogen) atoms. The number of imidazole rings is 1. The molecule has 4 N–H and O–H groups in total. The highest BCUT2D eigenvalue weighted by Crippen LogP contribution is 2.29. The number of nitrogens with two attached hydrogens (primary N) is 2. The van der Waals surface area contributed by atoms with E-state index in [1.54, 1.807) is 6.33 Å². The minimum Gasteiger partial charge on any atom is -0.382 e. The Bertz CT molecular complexity index is 773. The van der Waals surface area contributed by atoms with E-state index in [-0.39, 0.29) is 0 Å². The maximum Gasteiger partial charge on any atom is 0.152 e. The molecule has 3 rings (SSSR count). The molecular weight excluding hydrogens is 250 g/mol. The highest BCUT2D eigenvalue weighted by molar-refractivity contribution is 6.07. The van der Waals surface area contributed by atoms with Crippen LogP contribution in [0.25, 0.3) is 21.9 Å². The molecule has 0 aliphatic heterocycles. The third-order valence-corrected chi connectivity index (χ3v) is 3.63. The summed E-state index contributed by atoms with van der Waals surface area (Å²) >= 11 is 0. The summed E-state index contributed by atoms with van der Waals surface area (Å²) < 4.78 is 1.54. The molecule has 0 aliphatic rings. The van der Waals surface area contributed by atoms with Crippen LogP contribution in [-0.2, 0) is 6.42 Å². The normalized spacial score (nSPS) is 11.8. The lowest BCUT2D eigenvalue weighted by atomic mass is 9.98. The summed E-state index contributed by atoms with van der Waals surface area (Å²) in [6.45, 7) is 4.45. The van der Waals surface area contributed by atoms with Crippen molar-refractivity contribution in [2.75, 3.05) is 11.6 Å². The molecule has 3 aromatic rings. The number of anilines is 1. The van der Waals surface area contributed by atoms with Gasteiger partial charge in [-0.1, -0.05) is 26.0 Å². The predicted molar refractivity (Wildman–Crippen MR) is 82.8 cm³/mol. The Kier molecular flexibility index (Phi) is 2.97. The van der Waals surface area contributed by atoms with E-state index >= 15 is 0 Å². The van der Waals surface area contributed by atoms with Gasteiger partial charge in [-0.2, -0.15) is 0 Å². The molecule has 0 saturated heterocycles. The lowest BCUT2D eigenvalue weighted by molar-refractivity contribution is 0.588. The largest absolute Gasteiger partial charge is 0.382 e. The van der Waals surface area contributed by atoms with Gasteiger partial charge in [-0.25, -0.2) is 14.6 Å². The van der Waals surface area contributed by atoms with E-state index in [4.69, 9.17) is 11.6 Å². The Morgan fingerprint density at radius 2 is 2.10 bits per heavy atom. The lowest BCUT2D eigenvalue weighted by Gasteiger charge is -2.10. The molecule has 0 atom stereocenters. The molecule has 5 heteroatoms. The molecule has 0 saturated carbocycles. The van der Waals surface area contributed by atoms with Gasteiger partial charge in [0.1, 0.15) is 17.4 Å². The third-order valence-electron chi connectivity index (χ3n) is 3.63. The first-order chi connectivity index (χ1) is 9.58. The van der Waals surface area contributed by atoms with Gasteiger partial charge in [-0.15, -0.1) is 0 Å². The number of hydrogen-bond donors (Lipinski definition) is 2. The smallest absolute Gasteiger partial charge is 0.152 e. The van der Waals surface area contributed by atoms with Crippen molar-refractivity contribution in [2.24, 2.45) is 5.92 Å². The number of fused-ring (bicyclic) bond motifs is 3. The van der Waals surface area contributed by atoms with Crippen LogP contribution in [0.15, 0.2) is 24.5 Å². The standard InChI is InChI=1S/C15H19N5/c1-9(2)6-7-10-4-3-5-11-12(10)14-13(15(16)19-11)18-8-20(14)17/h3-5,8-9H,6-7,17H2,1-2H3,(H2,16,19). The maximum atomic E-state index is 6.01. The van der Waals surface area contributed by atoms with Gasteiger partial charge in [0.2, 0.25) is 0 Å². The SMILES string of the molecule is CC(C)CCc1cccc2nc(N)c3ncn(N)c3c12. The van der Waals surface area contributed by atoms with Crippen molar-refractivity contribution in [3.63, 3.8) is 0 Å². The summed E-state index contributed by atoms with van der Waals surface area (Å²) in [7, 11) is 0. The Hall–Kier alpha value is -2.30. The Morgan fingerprint density at radius 1 is 1.30 bits per heavy atom. The number of aryl methyl sites for hydroxylation is 1. The van der Waals surface area contributed by atoms with Gasteiger partial charge in [-0.05, 0) is 30.4 Å². The van der Waals surface area contributed by atoms with E-state index in [1.165, 1.54) is 10.2 Å². The molecule has 0 aliphatic carbocycles. The number of aromatic nitrogens is 3. The molecule has 2 aromatic heterocycles. The second-order valence-corrected chi connectivity index (χ2v) is 5.59. The van der Waals surface area contributed by atoms with Crippen molar-refractivity contribution in [1.82, 2.24) is 14.6 Å². The van der Waals surface area contributed by atoms with Crippen LogP contribution in [0.5, 0.6) is 0 Å². The van der Waals surface area contributed by atoms with Gasteiger partial charge < -0.3 is 11.6 Å². The highest BCUT2D eigenvalue weighted by Gasteiger charge is 2.14. The summed E-state index contributed by atoms with van der Waals surface area (Å²) in [6, 6.07) is 6.12. The predicted octanol–water partition coefficient (Wildman–Crippen LogP) is 2.47. The number of nitrogens with zero attached hydrogens (tertiary/aromatic N) is 3. The molecule has 0 unspecified atom stereocenters. The van der Waals surface area contributed by atoms with Crippen molar-refractivity contribution in [2.45, 2.75) is 26.7 Å². The second kappa shape index (κ2) is 4.67. The van der Waals surface area contributed by atoms with Crippen molar-refractivity contribution in [1.29, 1.82) is 0 Å². The van der Waals surface area contributed by atoms with E-state index in [0.29, 0.717) is 17.3 Å². The van der Waals surface area contributed by atoms with Crippen molar-refractivity contribution >= 4 is 27.8 Å². The molecule has 0 spiro atoms. The number of rotatable bonds is 3. The van der Waals surface area contributed by atoms with Crippen LogP contribution >= 0.6 is 0 Å². The van der Waals surface area contributed by atoms with Crippen molar-refractivity contribution in [3.05, 3.63) is 30.1 Å². The minimum absolute atomic E-state index is 0.428. The van der Waals surface area contributed by atoms with Crippen LogP contribution in [-0.4, -0.2) is 14.6 Å². The van der Waals surface area contributed by atoms with Gasteiger partial charge in [0.05, 0.1) is 5.52 Å². The fourth-order valence-electron chi connectivity index (χ4n) is 2.58. The maximum absolute atomic E-state index is 6.01. The number of benzene rings is 1. The Balaban J connectivity index is 2.31. The first-order valence-corrected chi connectivity index (χ1v) is 6.87. The van der Waals surface area contributed by atoms with Crippen LogP contribution in [0.3, 0.4) is 0 Å². The number of pyridine rings is 1. The van der Waals surface area contributed by atoms with Gasteiger partial charge in [-0.3, -0.25) is 0 Å². The summed E-state index contributed by atoms with van der Waals surface area (Å²) in [5.41, 5.74) is 9.64. The Labute approximate surface area is 117 Å². The third kappa shape index (κ3) is 1.95. The zero-order valence-electron chi connectivity index (χ0n) is 11.8. The van der Waals surface area contributed by atoms with Crippen LogP contribution in [0.2, 0.25) is 0 Å². The molecule has 0 radical (unpaired) electrons. The first kappa shape index (κ1) is 12.7. The number of hydrogen-bond acceptors (Lipinski definition) is 4. The zero-order valence-corrected chi connectivity index (χ0v) is 11.8. The Morgan fingerprint density at radius 3 is 2.85 bits per heavy atom. The molecule has 1 aromatic carbocycles. The van der Waals surface area contributed by atoms with E-state index in [1.807, 2.05) is 12.1 Å². The first-order valence-electron chi connectivity index (χ1n) is 6.87. The van der Waals surface area contributed by atoms with Crippen molar-refractivity contribution in [3.8, 4) is 0 Å². The molecule has 0 amide bonds. The summed E-state index contributed by atoms with van der Waals surface area (Å²) in [4.78, 5) is 8.71.